The van der Waals surface area contributed by atoms with E-state index < -0.39 is 0 Å². The number of benzene rings is 2. The van der Waals surface area contributed by atoms with Gasteiger partial charge in [-0.25, -0.2) is 0 Å². The van der Waals surface area contributed by atoms with Gasteiger partial charge in [-0.2, -0.15) is 0 Å². The minimum atomic E-state index is -0.251. The standard InChI is InChI=1S/C14H11Br3N2O2/c1-21-13-6-12(9(16)5-10(13)17)19-14(20)7-2-3-8(15)11(18)4-7/h2-6H,18H2,1H3,(H,19,20). The van der Waals surface area contributed by atoms with Crippen LogP contribution < -0.4 is 15.8 Å². The molecule has 2 aromatic rings. The summed E-state index contributed by atoms with van der Waals surface area (Å²) < 4.78 is 7.51. The summed E-state index contributed by atoms with van der Waals surface area (Å²) in [4.78, 5) is 12.3. The molecule has 0 atom stereocenters. The lowest BCUT2D eigenvalue weighted by Crippen LogP contribution is -2.12. The molecule has 0 bridgehead atoms. The monoisotopic (exact) mass is 476 g/mol. The highest BCUT2D eigenvalue weighted by Gasteiger charge is 2.12. The van der Waals surface area contributed by atoms with E-state index >= 15 is 0 Å². The minimum Gasteiger partial charge on any atom is -0.495 e. The van der Waals surface area contributed by atoms with Gasteiger partial charge in [-0.3, -0.25) is 4.79 Å². The third kappa shape index (κ3) is 3.78. The molecule has 21 heavy (non-hydrogen) atoms. The van der Waals surface area contributed by atoms with Gasteiger partial charge < -0.3 is 15.8 Å². The highest BCUT2D eigenvalue weighted by molar-refractivity contribution is 9.11. The van der Waals surface area contributed by atoms with E-state index in [0.29, 0.717) is 22.7 Å². The second-order valence-electron chi connectivity index (χ2n) is 4.16. The zero-order valence-electron chi connectivity index (χ0n) is 10.9. The van der Waals surface area contributed by atoms with E-state index in [2.05, 4.69) is 53.1 Å². The number of hydrogen-bond donors (Lipinski definition) is 2. The Bertz CT molecular complexity index is 705. The number of amides is 1. The van der Waals surface area contributed by atoms with Gasteiger partial charge in [-0.15, -0.1) is 0 Å². The molecule has 0 aliphatic carbocycles. The number of nitrogens with two attached hydrogens (primary N) is 1. The Morgan fingerprint density at radius 3 is 2.43 bits per heavy atom. The van der Waals surface area contributed by atoms with Crippen molar-refractivity contribution in [3.05, 3.63) is 49.3 Å². The van der Waals surface area contributed by atoms with Crippen LogP contribution in [0.1, 0.15) is 10.4 Å². The maximum absolute atomic E-state index is 12.3. The van der Waals surface area contributed by atoms with Crippen LogP contribution in [0.25, 0.3) is 0 Å². The molecular formula is C14H11Br3N2O2. The average Bonchev–Trinajstić information content (AvgIpc) is 2.44. The van der Waals surface area contributed by atoms with Gasteiger partial charge in [0.05, 0.1) is 17.3 Å². The first kappa shape index (κ1) is 16.3. The molecule has 0 fully saturated rings. The summed E-state index contributed by atoms with van der Waals surface area (Å²) in [5.74, 6) is 0.378. The molecule has 3 N–H and O–H groups in total. The van der Waals surface area contributed by atoms with Gasteiger partial charge in [0.1, 0.15) is 5.75 Å². The van der Waals surface area contributed by atoms with Crippen LogP contribution >= 0.6 is 47.8 Å². The highest BCUT2D eigenvalue weighted by Crippen LogP contribution is 2.34. The number of nitrogen functional groups attached to an aromatic ring is 1. The number of rotatable bonds is 3. The topological polar surface area (TPSA) is 64.3 Å². The van der Waals surface area contributed by atoms with Gasteiger partial charge in [0, 0.05) is 26.3 Å². The molecule has 110 valence electrons. The predicted molar refractivity (Wildman–Crippen MR) is 94.9 cm³/mol. The second-order valence-corrected chi connectivity index (χ2v) is 6.72. The lowest BCUT2D eigenvalue weighted by molar-refractivity contribution is 0.102. The van der Waals surface area contributed by atoms with Gasteiger partial charge in [0.15, 0.2) is 0 Å². The first-order valence-electron chi connectivity index (χ1n) is 5.81. The predicted octanol–water partition coefficient (Wildman–Crippen LogP) is 4.82. The third-order valence-corrected chi connectivity index (χ3v) is 4.75. The molecule has 0 aliphatic rings. The molecule has 0 saturated carbocycles. The van der Waals surface area contributed by atoms with E-state index in [0.717, 1.165) is 13.4 Å². The molecule has 1 amide bonds. The van der Waals surface area contributed by atoms with E-state index in [-0.39, 0.29) is 5.91 Å². The smallest absolute Gasteiger partial charge is 0.255 e. The quantitative estimate of drug-likeness (QED) is 0.622. The molecule has 0 unspecified atom stereocenters. The number of halogens is 3. The molecule has 0 radical (unpaired) electrons. The molecule has 0 saturated heterocycles. The Balaban J connectivity index is 2.29. The van der Waals surface area contributed by atoms with Crippen LogP contribution in [0.5, 0.6) is 5.75 Å². The Hall–Kier alpha value is -1.05. The highest BCUT2D eigenvalue weighted by atomic mass is 79.9. The van der Waals surface area contributed by atoms with Crippen molar-refractivity contribution in [3.8, 4) is 5.75 Å². The minimum absolute atomic E-state index is 0.251. The van der Waals surface area contributed by atoms with E-state index in [1.54, 1.807) is 31.4 Å². The third-order valence-electron chi connectivity index (χ3n) is 2.75. The molecule has 4 nitrogen and oxygen atoms in total. The fourth-order valence-electron chi connectivity index (χ4n) is 1.66. The number of ether oxygens (including phenoxy) is 1. The van der Waals surface area contributed by atoms with Crippen molar-refractivity contribution in [1.82, 2.24) is 0 Å². The molecule has 0 aromatic heterocycles. The van der Waals surface area contributed by atoms with E-state index in [4.69, 9.17) is 10.5 Å². The zero-order valence-corrected chi connectivity index (χ0v) is 15.7. The molecule has 0 aliphatic heterocycles. The Morgan fingerprint density at radius 1 is 1.10 bits per heavy atom. The number of carbonyl (C=O) groups is 1. The lowest BCUT2D eigenvalue weighted by Gasteiger charge is -2.11. The number of anilines is 2. The van der Waals surface area contributed by atoms with Gasteiger partial charge in [-0.1, -0.05) is 0 Å². The molecular weight excluding hydrogens is 468 g/mol. The fraction of sp³-hybridized carbons (Fsp3) is 0.0714. The summed E-state index contributed by atoms with van der Waals surface area (Å²) >= 11 is 10.1. The van der Waals surface area contributed by atoms with Crippen LogP contribution in [-0.2, 0) is 0 Å². The first-order valence-corrected chi connectivity index (χ1v) is 8.19. The summed E-state index contributed by atoms with van der Waals surface area (Å²) in [5, 5.41) is 2.82. The van der Waals surface area contributed by atoms with Gasteiger partial charge in [0.25, 0.3) is 5.91 Å². The molecule has 0 heterocycles. The van der Waals surface area contributed by atoms with Crippen LogP contribution in [0.2, 0.25) is 0 Å². The van der Waals surface area contributed by atoms with Gasteiger partial charge in [0.2, 0.25) is 0 Å². The largest absolute Gasteiger partial charge is 0.495 e. The van der Waals surface area contributed by atoms with Gasteiger partial charge in [-0.05, 0) is 72.1 Å². The SMILES string of the molecule is COc1cc(NC(=O)c2ccc(Br)c(N)c2)c(Br)cc1Br. The van der Waals surface area contributed by atoms with Crippen LogP contribution in [0.3, 0.4) is 0 Å². The molecule has 2 aromatic carbocycles. The average molecular weight is 479 g/mol. The van der Waals surface area contributed by atoms with Crippen molar-refractivity contribution >= 4 is 65.1 Å². The van der Waals surface area contributed by atoms with Crippen LogP contribution in [0.4, 0.5) is 11.4 Å². The van der Waals surface area contributed by atoms with Crippen molar-refractivity contribution in [2.45, 2.75) is 0 Å². The number of carbonyl (C=O) groups excluding carboxylic acids is 1. The second kappa shape index (κ2) is 6.81. The van der Waals surface area contributed by atoms with Crippen molar-refractivity contribution in [2.75, 3.05) is 18.2 Å². The molecule has 0 spiro atoms. The van der Waals surface area contributed by atoms with Crippen molar-refractivity contribution in [2.24, 2.45) is 0 Å². The normalized spacial score (nSPS) is 10.3. The number of hydrogen-bond acceptors (Lipinski definition) is 3. The van der Waals surface area contributed by atoms with Crippen LogP contribution in [0, 0.1) is 0 Å². The van der Waals surface area contributed by atoms with Gasteiger partial charge >= 0.3 is 0 Å². The maximum atomic E-state index is 12.3. The number of nitrogens with one attached hydrogen (secondary N) is 1. The Morgan fingerprint density at radius 2 is 1.81 bits per heavy atom. The summed E-state index contributed by atoms with van der Waals surface area (Å²) in [6.45, 7) is 0. The van der Waals surface area contributed by atoms with Crippen molar-refractivity contribution < 1.29 is 9.53 Å². The summed E-state index contributed by atoms with van der Waals surface area (Å²) in [6, 6.07) is 8.59. The van der Waals surface area contributed by atoms with E-state index in [9.17, 15) is 4.79 Å². The van der Waals surface area contributed by atoms with Crippen molar-refractivity contribution in [1.29, 1.82) is 0 Å². The number of methoxy groups -OCH3 is 1. The van der Waals surface area contributed by atoms with E-state index in [1.807, 2.05) is 6.07 Å². The Kier molecular flexibility index (Phi) is 5.29. The summed E-state index contributed by atoms with van der Waals surface area (Å²) in [5.41, 5.74) is 7.38. The molecule has 2 rings (SSSR count). The van der Waals surface area contributed by atoms with Crippen LogP contribution in [0.15, 0.2) is 43.7 Å². The fourth-order valence-corrected chi connectivity index (χ4v) is 3.16. The molecule has 7 heteroatoms. The zero-order chi connectivity index (χ0) is 15.6. The lowest BCUT2D eigenvalue weighted by atomic mass is 10.2. The summed E-state index contributed by atoms with van der Waals surface area (Å²) in [7, 11) is 1.56. The van der Waals surface area contributed by atoms with Crippen molar-refractivity contribution in [3.63, 3.8) is 0 Å². The Labute approximate surface area is 147 Å². The van der Waals surface area contributed by atoms with E-state index in [1.165, 1.54) is 0 Å². The summed E-state index contributed by atoms with van der Waals surface area (Å²) in [6.07, 6.45) is 0. The van der Waals surface area contributed by atoms with Crippen LogP contribution in [-0.4, -0.2) is 13.0 Å². The first-order chi connectivity index (χ1) is 9.92. The maximum Gasteiger partial charge on any atom is 0.255 e.